The predicted molar refractivity (Wildman–Crippen MR) is 75.1 cm³/mol. The van der Waals surface area contributed by atoms with E-state index in [0.717, 1.165) is 18.9 Å². The molecule has 8 heteroatoms. The van der Waals surface area contributed by atoms with Crippen molar-refractivity contribution in [1.29, 1.82) is 0 Å². The van der Waals surface area contributed by atoms with E-state index in [1.54, 1.807) is 0 Å². The van der Waals surface area contributed by atoms with E-state index < -0.39 is 11.2 Å². The molecule has 0 fully saturated rings. The summed E-state index contributed by atoms with van der Waals surface area (Å²) < 4.78 is 2.06. The molecule has 0 saturated heterocycles. The second kappa shape index (κ2) is 5.32. The normalized spacial score (nSPS) is 10.3. The molecule has 2 amide bonds. The minimum Gasteiger partial charge on any atom is -0.308 e. The summed E-state index contributed by atoms with van der Waals surface area (Å²) in [4.78, 5) is 49.6. The Labute approximate surface area is 115 Å². The van der Waals surface area contributed by atoms with Gasteiger partial charge in [-0.15, -0.1) is 0 Å². The number of rotatable bonds is 2. The average molecular weight is 282 g/mol. The summed E-state index contributed by atoms with van der Waals surface area (Å²) in [7, 11) is 5.61. The Morgan fingerprint density at radius 3 is 1.75 bits per heavy atom. The fraction of sp³-hybridized carbons (Fsp3) is 0.500. The molecule has 110 valence electrons. The highest BCUT2D eigenvalue weighted by Gasteiger charge is 2.25. The summed E-state index contributed by atoms with van der Waals surface area (Å²) in [6.07, 6.45) is 0. The molecule has 20 heavy (non-hydrogen) atoms. The molecule has 1 rings (SSSR count). The minimum absolute atomic E-state index is 0.0141. The maximum absolute atomic E-state index is 12.3. The molecule has 1 aromatic heterocycles. The zero-order valence-electron chi connectivity index (χ0n) is 12.4. The summed E-state index contributed by atoms with van der Waals surface area (Å²) >= 11 is 0. The lowest BCUT2D eigenvalue weighted by molar-refractivity contribution is -0.117. The van der Waals surface area contributed by atoms with Gasteiger partial charge in [0.15, 0.2) is 5.69 Å². The Morgan fingerprint density at radius 2 is 1.35 bits per heavy atom. The van der Waals surface area contributed by atoms with Crippen LogP contribution >= 0.6 is 0 Å². The lowest BCUT2D eigenvalue weighted by atomic mass is 10.3. The Kier molecular flexibility index (Phi) is 4.17. The highest BCUT2D eigenvalue weighted by Crippen LogP contribution is 2.22. The van der Waals surface area contributed by atoms with Gasteiger partial charge in [0.05, 0.1) is 0 Å². The predicted octanol–water partition coefficient (Wildman–Crippen LogP) is -0.951. The first-order valence-electron chi connectivity index (χ1n) is 5.89. The van der Waals surface area contributed by atoms with E-state index in [9.17, 15) is 19.2 Å². The van der Waals surface area contributed by atoms with Gasteiger partial charge in [-0.25, -0.2) is 4.79 Å². The van der Waals surface area contributed by atoms with Gasteiger partial charge in [0.25, 0.3) is 5.56 Å². The molecule has 0 aliphatic heterocycles. The standard InChI is InChI=1S/C12H18N4O4/c1-7(17)13(3)9-10(14(4)8(2)18)15(5)12(20)16(6)11(9)19/h1-6H3. The quantitative estimate of drug-likeness (QED) is 0.700. The number of nitrogens with zero attached hydrogens (tertiary/aromatic N) is 4. The summed E-state index contributed by atoms with van der Waals surface area (Å²) in [5, 5.41) is 0. The van der Waals surface area contributed by atoms with Crippen molar-refractivity contribution in [3.05, 3.63) is 20.8 Å². The first-order valence-corrected chi connectivity index (χ1v) is 5.89. The number of hydrogen-bond acceptors (Lipinski definition) is 4. The first-order chi connectivity index (χ1) is 9.11. The fourth-order valence-electron chi connectivity index (χ4n) is 1.80. The second-order valence-electron chi connectivity index (χ2n) is 4.53. The van der Waals surface area contributed by atoms with E-state index in [2.05, 4.69) is 0 Å². The van der Waals surface area contributed by atoms with E-state index in [4.69, 9.17) is 0 Å². The molecule has 0 aliphatic rings. The summed E-state index contributed by atoms with van der Waals surface area (Å²) in [6.45, 7) is 2.60. The topological polar surface area (TPSA) is 84.6 Å². The van der Waals surface area contributed by atoms with Crippen LogP contribution in [0.1, 0.15) is 13.8 Å². The SMILES string of the molecule is CC(=O)N(C)c1c(N(C)C(C)=O)n(C)c(=O)n(C)c1=O. The Hall–Kier alpha value is -2.38. The van der Waals surface area contributed by atoms with Crippen molar-refractivity contribution in [1.82, 2.24) is 9.13 Å². The molecule has 0 atom stereocenters. The number of anilines is 2. The third-order valence-corrected chi connectivity index (χ3v) is 3.21. The Morgan fingerprint density at radius 1 is 0.900 bits per heavy atom. The van der Waals surface area contributed by atoms with Crippen LogP contribution in [0.4, 0.5) is 11.5 Å². The van der Waals surface area contributed by atoms with E-state index in [1.165, 1.54) is 42.0 Å². The third kappa shape index (κ3) is 2.36. The van der Waals surface area contributed by atoms with Crippen LogP contribution in [-0.4, -0.2) is 35.0 Å². The van der Waals surface area contributed by atoms with Gasteiger partial charge in [-0.3, -0.25) is 28.4 Å². The molecule has 0 bridgehead atoms. The van der Waals surface area contributed by atoms with Crippen LogP contribution in [0.15, 0.2) is 9.59 Å². The van der Waals surface area contributed by atoms with Crippen molar-refractivity contribution in [2.75, 3.05) is 23.9 Å². The van der Waals surface area contributed by atoms with Gasteiger partial charge >= 0.3 is 5.69 Å². The van der Waals surface area contributed by atoms with Crippen LogP contribution in [0.25, 0.3) is 0 Å². The van der Waals surface area contributed by atoms with Crippen molar-refractivity contribution < 1.29 is 9.59 Å². The zero-order valence-corrected chi connectivity index (χ0v) is 12.4. The largest absolute Gasteiger partial charge is 0.332 e. The highest BCUT2D eigenvalue weighted by molar-refractivity contribution is 5.98. The smallest absolute Gasteiger partial charge is 0.308 e. The number of aromatic nitrogens is 2. The van der Waals surface area contributed by atoms with Gasteiger partial charge in [0.2, 0.25) is 11.8 Å². The van der Waals surface area contributed by atoms with E-state index >= 15 is 0 Å². The van der Waals surface area contributed by atoms with Crippen molar-refractivity contribution in [3.63, 3.8) is 0 Å². The molecule has 1 aromatic rings. The fourth-order valence-corrected chi connectivity index (χ4v) is 1.80. The summed E-state index contributed by atoms with van der Waals surface area (Å²) in [5.74, 6) is -0.645. The lowest BCUT2D eigenvalue weighted by Crippen LogP contribution is -2.45. The maximum Gasteiger partial charge on any atom is 0.332 e. The average Bonchev–Trinajstić information content (AvgIpc) is 2.38. The molecule has 0 radical (unpaired) electrons. The molecule has 1 heterocycles. The molecular formula is C12H18N4O4. The summed E-state index contributed by atoms with van der Waals surface area (Å²) in [6, 6.07) is 0. The van der Waals surface area contributed by atoms with Gasteiger partial charge in [0.1, 0.15) is 5.82 Å². The zero-order chi connectivity index (χ0) is 15.8. The maximum atomic E-state index is 12.3. The van der Waals surface area contributed by atoms with Gasteiger partial charge in [-0.2, -0.15) is 0 Å². The van der Waals surface area contributed by atoms with Crippen LogP contribution in [0.2, 0.25) is 0 Å². The second-order valence-corrected chi connectivity index (χ2v) is 4.53. The Bertz CT molecular complexity index is 686. The number of amides is 2. The van der Waals surface area contributed by atoms with Gasteiger partial charge in [-0.05, 0) is 0 Å². The molecular weight excluding hydrogens is 264 g/mol. The summed E-state index contributed by atoms with van der Waals surface area (Å²) in [5.41, 5.74) is -1.22. The van der Waals surface area contributed by atoms with Crippen molar-refractivity contribution in [3.8, 4) is 0 Å². The molecule has 8 nitrogen and oxygen atoms in total. The van der Waals surface area contributed by atoms with Crippen LogP contribution in [0.3, 0.4) is 0 Å². The molecule has 0 aromatic carbocycles. The first kappa shape index (κ1) is 15.7. The molecule has 0 saturated carbocycles. The van der Waals surface area contributed by atoms with E-state index in [-0.39, 0.29) is 23.3 Å². The third-order valence-electron chi connectivity index (χ3n) is 3.21. The van der Waals surface area contributed by atoms with E-state index in [0.29, 0.717) is 0 Å². The van der Waals surface area contributed by atoms with Gasteiger partial charge in [-0.1, -0.05) is 0 Å². The van der Waals surface area contributed by atoms with Crippen molar-refractivity contribution >= 4 is 23.3 Å². The number of hydrogen-bond donors (Lipinski definition) is 0. The molecule has 0 aliphatic carbocycles. The number of carbonyl (C=O) groups is 2. The van der Waals surface area contributed by atoms with E-state index in [1.807, 2.05) is 0 Å². The molecule has 0 N–H and O–H groups in total. The van der Waals surface area contributed by atoms with Crippen molar-refractivity contribution in [2.24, 2.45) is 14.1 Å². The minimum atomic E-state index is -0.631. The highest BCUT2D eigenvalue weighted by atomic mass is 16.2. The monoisotopic (exact) mass is 282 g/mol. The van der Waals surface area contributed by atoms with Crippen LogP contribution in [-0.2, 0) is 23.7 Å². The van der Waals surface area contributed by atoms with Gasteiger partial charge < -0.3 is 4.90 Å². The van der Waals surface area contributed by atoms with Crippen LogP contribution in [0, 0.1) is 0 Å². The lowest BCUT2D eigenvalue weighted by Gasteiger charge is -2.26. The van der Waals surface area contributed by atoms with Crippen molar-refractivity contribution in [2.45, 2.75) is 13.8 Å². The van der Waals surface area contributed by atoms with Crippen LogP contribution in [0.5, 0.6) is 0 Å². The number of carbonyl (C=O) groups excluding carboxylic acids is 2. The Balaban J connectivity index is 3.89. The van der Waals surface area contributed by atoms with Gasteiger partial charge in [0, 0.05) is 42.0 Å². The molecule has 0 unspecified atom stereocenters. The molecule has 0 spiro atoms. The van der Waals surface area contributed by atoms with Crippen LogP contribution < -0.4 is 21.0 Å².